The lowest BCUT2D eigenvalue weighted by molar-refractivity contribution is -0.119. The molecule has 1 aromatic carbocycles. The number of thioether (sulfide) groups is 1. The average Bonchev–Trinajstić information content (AvgIpc) is 3.25. The minimum atomic E-state index is -0.183. The van der Waals surface area contributed by atoms with Crippen LogP contribution in [0.5, 0.6) is 0 Å². The van der Waals surface area contributed by atoms with Gasteiger partial charge in [0.2, 0.25) is 5.91 Å². The molecule has 26 heavy (non-hydrogen) atoms. The zero-order valence-electron chi connectivity index (χ0n) is 13.9. The molecule has 0 aliphatic carbocycles. The second kappa shape index (κ2) is 8.95. The fourth-order valence-electron chi connectivity index (χ4n) is 2.35. The van der Waals surface area contributed by atoms with Crippen LogP contribution in [-0.4, -0.2) is 16.6 Å². The number of aromatic nitrogens is 1. The van der Waals surface area contributed by atoms with Crippen LogP contribution in [0.3, 0.4) is 0 Å². The molecule has 0 radical (unpaired) electrons. The number of thiazole rings is 1. The molecule has 0 unspecified atom stereocenters. The van der Waals surface area contributed by atoms with Gasteiger partial charge in [-0.2, -0.15) is 0 Å². The first-order valence-corrected chi connectivity index (χ1v) is 10.6. The zero-order chi connectivity index (χ0) is 18.5. The lowest BCUT2D eigenvalue weighted by Crippen LogP contribution is -2.28. The molecule has 4 nitrogen and oxygen atoms in total. The first-order chi connectivity index (χ1) is 12.5. The van der Waals surface area contributed by atoms with Crippen LogP contribution < -0.4 is 5.32 Å². The lowest BCUT2D eigenvalue weighted by Gasteiger charge is -2.15. The van der Waals surface area contributed by atoms with Crippen LogP contribution in [0.25, 0.3) is 10.8 Å². The first kappa shape index (κ1) is 19.3. The van der Waals surface area contributed by atoms with Gasteiger partial charge in [-0.15, -0.1) is 23.1 Å². The molecule has 8 heteroatoms. The Morgan fingerprint density at radius 1 is 1.38 bits per heavy atom. The van der Waals surface area contributed by atoms with Gasteiger partial charge in [-0.25, -0.2) is 4.98 Å². The predicted molar refractivity (Wildman–Crippen MR) is 109 cm³/mol. The summed E-state index contributed by atoms with van der Waals surface area (Å²) in [6, 6.07) is 8.80. The lowest BCUT2D eigenvalue weighted by atomic mass is 10.1. The van der Waals surface area contributed by atoms with Gasteiger partial charge < -0.3 is 9.73 Å². The second-order valence-corrected chi connectivity index (χ2v) is 8.26. The van der Waals surface area contributed by atoms with Gasteiger partial charge in [-0.3, -0.25) is 4.79 Å². The maximum Gasteiger partial charge on any atom is 0.230 e. The summed E-state index contributed by atoms with van der Waals surface area (Å²) in [5.74, 6) is 1.73. The van der Waals surface area contributed by atoms with Crippen LogP contribution in [0, 0.1) is 0 Å². The second-order valence-electron chi connectivity index (χ2n) is 5.57. The van der Waals surface area contributed by atoms with Crippen LogP contribution in [-0.2, 0) is 10.5 Å². The largest absolute Gasteiger partial charge is 0.462 e. The van der Waals surface area contributed by atoms with Crippen molar-refractivity contribution in [2.75, 3.05) is 5.75 Å². The molecule has 1 N–H and O–H groups in total. The molecule has 0 saturated carbocycles. The molecule has 0 aliphatic rings. The molecule has 1 atom stereocenters. The van der Waals surface area contributed by atoms with Crippen LogP contribution >= 0.6 is 46.3 Å². The number of hydrogen-bond acceptors (Lipinski definition) is 5. The number of halogens is 2. The van der Waals surface area contributed by atoms with Crippen molar-refractivity contribution in [2.24, 2.45) is 0 Å². The van der Waals surface area contributed by atoms with E-state index < -0.39 is 0 Å². The third kappa shape index (κ3) is 5.04. The van der Waals surface area contributed by atoms with Gasteiger partial charge in [0.05, 0.1) is 23.8 Å². The standard InChI is InChI=1S/C18H16Cl2N2O2S2/c1-11(14-5-4-12(19)7-15(14)20)21-17(23)10-25-8-13-9-26-18(22-13)16-3-2-6-24-16/h2-7,9,11H,8,10H2,1H3,(H,21,23)/t11-/m0/s1. The summed E-state index contributed by atoms with van der Waals surface area (Å²) >= 11 is 15.1. The van der Waals surface area contributed by atoms with Crippen LogP contribution in [0.2, 0.25) is 10.0 Å². The molecular weight excluding hydrogens is 411 g/mol. The Morgan fingerprint density at radius 2 is 2.23 bits per heavy atom. The highest BCUT2D eigenvalue weighted by Gasteiger charge is 2.13. The molecule has 0 aliphatic heterocycles. The minimum absolute atomic E-state index is 0.0463. The molecule has 136 valence electrons. The summed E-state index contributed by atoms with van der Waals surface area (Å²) in [4.78, 5) is 16.7. The van der Waals surface area contributed by atoms with Crippen molar-refractivity contribution in [1.82, 2.24) is 10.3 Å². The topological polar surface area (TPSA) is 55.1 Å². The Bertz CT molecular complexity index is 881. The Kier molecular flexibility index (Phi) is 6.64. The Labute approximate surface area is 169 Å². The van der Waals surface area contributed by atoms with Crippen molar-refractivity contribution in [3.05, 3.63) is 63.3 Å². The van der Waals surface area contributed by atoms with Gasteiger partial charge in [-0.1, -0.05) is 29.3 Å². The number of hydrogen-bond donors (Lipinski definition) is 1. The first-order valence-electron chi connectivity index (χ1n) is 7.83. The summed E-state index contributed by atoms with van der Waals surface area (Å²) in [6.45, 7) is 1.90. The molecule has 3 aromatic rings. The Hall–Kier alpha value is -1.47. The van der Waals surface area contributed by atoms with Crippen molar-refractivity contribution < 1.29 is 9.21 Å². The van der Waals surface area contributed by atoms with Gasteiger partial charge >= 0.3 is 0 Å². The van der Waals surface area contributed by atoms with E-state index in [1.807, 2.05) is 30.5 Å². The molecule has 0 fully saturated rings. The summed E-state index contributed by atoms with van der Waals surface area (Å²) < 4.78 is 5.34. The summed E-state index contributed by atoms with van der Waals surface area (Å²) in [6.07, 6.45) is 1.63. The summed E-state index contributed by atoms with van der Waals surface area (Å²) in [7, 11) is 0. The maximum atomic E-state index is 12.2. The average molecular weight is 427 g/mol. The summed E-state index contributed by atoms with van der Waals surface area (Å²) in [5, 5.41) is 6.90. The molecule has 2 heterocycles. The normalized spacial score (nSPS) is 12.1. The predicted octanol–water partition coefficient (Wildman–Crippen LogP) is 5.82. The monoisotopic (exact) mass is 426 g/mol. The zero-order valence-corrected chi connectivity index (χ0v) is 17.0. The quantitative estimate of drug-likeness (QED) is 0.516. The molecule has 0 spiro atoms. The number of furan rings is 1. The Balaban J connectivity index is 1.47. The van der Waals surface area contributed by atoms with E-state index in [0.29, 0.717) is 21.6 Å². The molecule has 3 rings (SSSR count). The number of rotatable bonds is 7. The molecule has 1 amide bonds. The summed E-state index contributed by atoms with van der Waals surface area (Å²) in [5.41, 5.74) is 1.78. The van der Waals surface area contributed by atoms with Crippen molar-refractivity contribution >= 4 is 52.2 Å². The van der Waals surface area contributed by atoms with E-state index in [4.69, 9.17) is 27.6 Å². The number of carbonyl (C=O) groups excluding carboxylic acids is 1. The van der Waals surface area contributed by atoms with Crippen molar-refractivity contribution in [3.8, 4) is 10.8 Å². The molecular formula is C18H16Cl2N2O2S2. The number of carbonyl (C=O) groups is 1. The van der Waals surface area contributed by atoms with E-state index in [1.54, 1.807) is 18.4 Å². The van der Waals surface area contributed by atoms with E-state index in [2.05, 4.69) is 10.3 Å². The van der Waals surface area contributed by atoms with E-state index >= 15 is 0 Å². The number of nitrogens with zero attached hydrogens (tertiary/aromatic N) is 1. The van der Waals surface area contributed by atoms with Gasteiger partial charge in [0.25, 0.3) is 0 Å². The van der Waals surface area contributed by atoms with Crippen LogP contribution in [0.15, 0.2) is 46.4 Å². The fourth-order valence-corrected chi connectivity index (χ4v) is 4.54. The van der Waals surface area contributed by atoms with E-state index in [0.717, 1.165) is 22.0 Å². The third-order valence-electron chi connectivity index (χ3n) is 3.57. The highest BCUT2D eigenvalue weighted by atomic mass is 35.5. The van der Waals surface area contributed by atoms with Crippen molar-refractivity contribution in [2.45, 2.75) is 18.7 Å². The maximum absolute atomic E-state index is 12.2. The van der Waals surface area contributed by atoms with E-state index in [-0.39, 0.29) is 11.9 Å². The van der Waals surface area contributed by atoms with Crippen LogP contribution in [0.4, 0.5) is 0 Å². The van der Waals surface area contributed by atoms with E-state index in [1.165, 1.54) is 23.1 Å². The van der Waals surface area contributed by atoms with Gasteiger partial charge in [0, 0.05) is 21.2 Å². The number of benzene rings is 1. The highest BCUT2D eigenvalue weighted by Crippen LogP contribution is 2.27. The Morgan fingerprint density at radius 3 is 2.96 bits per heavy atom. The molecule has 2 aromatic heterocycles. The SMILES string of the molecule is C[C@H](NC(=O)CSCc1csc(-c2ccco2)n1)c1ccc(Cl)cc1Cl. The number of amides is 1. The minimum Gasteiger partial charge on any atom is -0.462 e. The van der Waals surface area contributed by atoms with Crippen molar-refractivity contribution in [3.63, 3.8) is 0 Å². The fraction of sp³-hybridized carbons (Fsp3) is 0.222. The third-order valence-corrected chi connectivity index (χ3v) is 6.01. The molecule has 0 saturated heterocycles. The van der Waals surface area contributed by atoms with Crippen molar-refractivity contribution in [1.29, 1.82) is 0 Å². The number of nitrogens with one attached hydrogen (secondary N) is 1. The van der Waals surface area contributed by atoms with Gasteiger partial charge in [-0.05, 0) is 36.8 Å². The molecule has 0 bridgehead atoms. The van der Waals surface area contributed by atoms with Gasteiger partial charge in [0.15, 0.2) is 10.8 Å². The smallest absolute Gasteiger partial charge is 0.230 e. The van der Waals surface area contributed by atoms with E-state index in [9.17, 15) is 4.79 Å². The highest BCUT2D eigenvalue weighted by molar-refractivity contribution is 7.99. The van der Waals surface area contributed by atoms with Gasteiger partial charge in [0.1, 0.15) is 0 Å². The van der Waals surface area contributed by atoms with Crippen LogP contribution in [0.1, 0.15) is 24.2 Å².